The normalized spacial score (nSPS) is 14.5. The van der Waals surface area contributed by atoms with E-state index in [1.807, 2.05) is 24.3 Å². The van der Waals surface area contributed by atoms with E-state index < -0.39 is 0 Å². The number of aryl methyl sites for hydroxylation is 3. The molecule has 4 aromatic rings. The van der Waals surface area contributed by atoms with Crippen LogP contribution in [-0.2, 0) is 30.5 Å². The maximum Gasteiger partial charge on any atom is 0.267 e. The maximum atomic E-state index is 13.9. The number of fused-ring (bicyclic) bond motifs is 4. The molecule has 2 aliphatic rings. The number of carbonyl (C=O) groups is 1. The fraction of sp³-hybridized carbons (Fsp3) is 0.357. The molecule has 194 valence electrons. The van der Waals surface area contributed by atoms with Gasteiger partial charge in [-0.15, -0.1) is 22.7 Å². The van der Waals surface area contributed by atoms with Crippen molar-refractivity contribution in [2.45, 2.75) is 56.5 Å². The molecule has 0 atom stereocenters. The summed E-state index contributed by atoms with van der Waals surface area (Å²) >= 11 is 4.36. The highest BCUT2D eigenvalue weighted by Crippen LogP contribution is 2.38. The second-order valence-electron chi connectivity index (χ2n) is 9.49. The van der Waals surface area contributed by atoms with E-state index in [9.17, 15) is 14.9 Å². The van der Waals surface area contributed by atoms with Crippen molar-refractivity contribution in [1.82, 2.24) is 9.55 Å². The summed E-state index contributed by atoms with van der Waals surface area (Å²) in [5.41, 5.74) is 3.41. The summed E-state index contributed by atoms with van der Waals surface area (Å²) in [6, 6.07) is 9.61. The first-order valence-corrected chi connectivity index (χ1v) is 15.4. The molecule has 1 amide bonds. The summed E-state index contributed by atoms with van der Waals surface area (Å²) in [5.74, 6) is 0.558. The number of nitrogens with one attached hydrogen (secondary N) is 1. The van der Waals surface area contributed by atoms with Crippen molar-refractivity contribution in [2.75, 3.05) is 18.2 Å². The number of rotatable bonds is 6. The van der Waals surface area contributed by atoms with E-state index in [4.69, 9.17) is 9.72 Å². The van der Waals surface area contributed by atoms with Gasteiger partial charge in [-0.2, -0.15) is 5.26 Å². The molecule has 0 unspecified atom stereocenters. The van der Waals surface area contributed by atoms with Crippen LogP contribution in [0.15, 0.2) is 34.2 Å². The van der Waals surface area contributed by atoms with Crippen LogP contribution in [0.25, 0.3) is 15.9 Å². The number of benzene rings is 1. The minimum absolute atomic E-state index is 0.0760. The summed E-state index contributed by atoms with van der Waals surface area (Å²) in [6.07, 6.45) is 8.13. The molecule has 6 rings (SSSR count). The standard InChI is InChI=1S/C28H26N4O3S3/c1-35-17-12-10-16(11-13-17)32-27(34)24-19-7-3-5-9-22(19)38-26(24)31-28(32)36-15-23(33)30-25-20(14-29)18-6-2-4-8-21(18)37-25/h10-13H,2-9,15H2,1H3,(H,30,33). The maximum absolute atomic E-state index is 13.9. The van der Waals surface area contributed by atoms with Crippen molar-refractivity contribution in [3.05, 3.63) is 61.1 Å². The Labute approximate surface area is 232 Å². The molecule has 0 saturated carbocycles. The lowest BCUT2D eigenvalue weighted by Crippen LogP contribution is -2.23. The lowest BCUT2D eigenvalue weighted by Gasteiger charge is -2.14. The van der Waals surface area contributed by atoms with E-state index in [1.54, 1.807) is 23.0 Å². The van der Waals surface area contributed by atoms with Crippen LogP contribution >= 0.6 is 34.4 Å². The first-order chi connectivity index (χ1) is 18.6. The van der Waals surface area contributed by atoms with E-state index >= 15 is 0 Å². The Morgan fingerprint density at radius 3 is 2.47 bits per heavy atom. The minimum atomic E-state index is -0.216. The van der Waals surface area contributed by atoms with Crippen molar-refractivity contribution < 1.29 is 9.53 Å². The first-order valence-electron chi connectivity index (χ1n) is 12.8. The van der Waals surface area contributed by atoms with Crippen LogP contribution in [0.3, 0.4) is 0 Å². The molecule has 7 nitrogen and oxygen atoms in total. The zero-order valence-corrected chi connectivity index (χ0v) is 23.4. The number of amides is 1. The molecule has 0 spiro atoms. The second-order valence-corrected chi connectivity index (χ2v) is 12.6. The van der Waals surface area contributed by atoms with Gasteiger partial charge in [-0.3, -0.25) is 14.2 Å². The predicted molar refractivity (Wildman–Crippen MR) is 153 cm³/mol. The molecule has 10 heteroatoms. The fourth-order valence-electron chi connectivity index (χ4n) is 5.31. The van der Waals surface area contributed by atoms with Gasteiger partial charge in [-0.25, -0.2) is 4.98 Å². The number of thiophene rings is 2. The van der Waals surface area contributed by atoms with Gasteiger partial charge in [0.2, 0.25) is 5.91 Å². The van der Waals surface area contributed by atoms with Gasteiger partial charge in [0.15, 0.2) is 5.16 Å². The fourth-order valence-corrected chi connectivity index (χ4v) is 8.68. The molecule has 0 radical (unpaired) electrons. The second kappa shape index (κ2) is 10.6. The Hall–Kier alpha value is -3.13. The molecule has 2 aliphatic carbocycles. The van der Waals surface area contributed by atoms with Crippen LogP contribution in [0.1, 0.15) is 52.1 Å². The van der Waals surface area contributed by atoms with Gasteiger partial charge >= 0.3 is 0 Å². The zero-order valence-electron chi connectivity index (χ0n) is 21.0. The largest absolute Gasteiger partial charge is 0.497 e. The Kier molecular flexibility index (Phi) is 6.99. The Balaban J connectivity index is 1.33. The van der Waals surface area contributed by atoms with Gasteiger partial charge < -0.3 is 10.1 Å². The average molecular weight is 563 g/mol. The number of nitrogens with zero attached hydrogens (tertiary/aromatic N) is 3. The third-order valence-electron chi connectivity index (χ3n) is 7.16. The third kappa shape index (κ3) is 4.53. The van der Waals surface area contributed by atoms with Crippen LogP contribution in [-0.4, -0.2) is 28.3 Å². The zero-order chi connectivity index (χ0) is 26.2. The lowest BCUT2D eigenvalue weighted by atomic mass is 9.96. The van der Waals surface area contributed by atoms with Gasteiger partial charge in [0, 0.05) is 9.75 Å². The number of ether oxygens (including phenoxy) is 1. The molecular formula is C28H26N4O3S3. The first kappa shape index (κ1) is 25.2. The van der Waals surface area contributed by atoms with Gasteiger partial charge in [-0.05, 0) is 86.8 Å². The summed E-state index contributed by atoms with van der Waals surface area (Å²) in [7, 11) is 1.61. The highest BCUT2D eigenvalue weighted by Gasteiger charge is 2.25. The van der Waals surface area contributed by atoms with Gasteiger partial charge in [0.1, 0.15) is 21.7 Å². The van der Waals surface area contributed by atoms with E-state index in [-0.39, 0.29) is 17.2 Å². The van der Waals surface area contributed by atoms with Crippen LogP contribution in [0.4, 0.5) is 5.00 Å². The van der Waals surface area contributed by atoms with Gasteiger partial charge in [-0.1, -0.05) is 11.8 Å². The van der Waals surface area contributed by atoms with E-state index in [2.05, 4.69) is 11.4 Å². The molecule has 38 heavy (non-hydrogen) atoms. The van der Waals surface area contributed by atoms with E-state index in [0.29, 0.717) is 32.5 Å². The Bertz CT molecular complexity index is 1640. The SMILES string of the molecule is COc1ccc(-n2c(SCC(=O)Nc3sc4c(c3C#N)CCCC4)nc3sc4c(c3c2=O)CCCC4)cc1. The predicted octanol–water partition coefficient (Wildman–Crippen LogP) is 5.88. The summed E-state index contributed by atoms with van der Waals surface area (Å²) in [6.45, 7) is 0. The number of hydrogen-bond acceptors (Lipinski definition) is 8. The average Bonchev–Trinajstić information content (AvgIpc) is 3.49. The number of thioether (sulfide) groups is 1. The van der Waals surface area contributed by atoms with Crippen molar-refractivity contribution in [3.8, 4) is 17.5 Å². The van der Waals surface area contributed by atoms with Crippen LogP contribution < -0.4 is 15.6 Å². The molecule has 3 aromatic heterocycles. The minimum Gasteiger partial charge on any atom is -0.497 e. The molecule has 1 N–H and O–H groups in total. The molecule has 0 aliphatic heterocycles. The highest BCUT2D eigenvalue weighted by atomic mass is 32.2. The third-order valence-corrected chi connectivity index (χ3v) is 10.5. The highest BCUT2D eigenvalue weighted by molar-refractivity contribution is 7.99. The number of methoxy groups -OCH3 is 1. The molecule has 1 aromatic carbocycles. The van der Waals surface area contributed by atoms with Crippen molar-refractivity contribution in [3.63, 3.8) is 0 Å². The Morgan fingerprint density at radius 2 is 1.76 bits per heavy atom. The van der Waals surface area contributed by atoms with Crippen molar-refractivity contribution >= 4 is 55.6 Å². The number of nitriles is 1. The smallest absolute Gasteiger partial charge is 0.267 e. The molecule has 3 heterocycles. The van der Waals surface area contributed by atoms with Gasteiger partial charge in [0.05, 0.1) is 29.5 Å². The Morgan fingerprint density at radius 1 is 1.08 bits per heavy atom. The van der Waals surface area contributed by atoms with Crippen LogP contribution in [0.5, 0.6) is 5.75 Å². The van der Waals surface area contributed by atoms with Crippen LogP contribution in [0.2, 0.25) is 0 Å². The van der Waals surface area contributed by atoms with Crippen molar-refractivity contribution in [1.29, 1.82) is 5.26 Å². The topological polar surface area (TPSA) is 97.0 Å². The summed E-state index contributed by atoms with van der Waals surface area (Å²) in [5, 5.41) is 14.5. The number of carbonyl (C=O) groups excluding carboxylic acids is 1. The van der Waals surface area contributed by atoms with E-state index in [1.165, 1.54) is 32.9 Å². The molecule has 0 bridgehead atoms. The number of hydrogen-bond donors (Lipinski definition) is 1. The van der Waals surface area contributed by atoms with Gasteiger partial charge in [0.25, 0.3) is 5.56 Å². The molecular weight excluding hydrogens is 537 g/mol. The van der Waals surface area contributed by atoms with Crippen molar-refractivity contribution in [2.24, 2.45) is 0 Å². The number of aromatic nitrogens is 2. The monoisotopic (exact) mass is 562 g/mol. The summed E-state index contributed by atoms with van der Waals surface area (Å²) in [4.78, 5) is 35.1. The molecule has 0 fully saturated rings. The quantitative estimate of drug-likeness (QED) is 0.233. The van der Waals surface area contributed by atoms with Crippen LogP contribution in [0, 0.1) is 11.3 Å². The lowest BCUT2D eigenvalue weighted by molar-refractivity contribution is -0.113. The molecule has 0 saturated heterocycles. The number of anilines is 1. The summed E-state index contributed by atoms with van der Waals surface area (Å²) < 4.78 is 6.92. The van der Waals surface area contributed by atoms with E-state index in [0.717, 1.165) is 67.3 Å².